The fourth-order valence-corrected chi connectivity index (χ4v) is 2.77. The van der Waals surface area contributed by atoms with Crippen LogP contribution in [0.2, 0.25) is 10.0 Å². The minimum Gasteiger partial charge on any atom is -0.497 e. The Labute approximate surface area is 160 Å². The van der Waals surface area contributed by atoms with Crippen molar-refractivity contribution in [2.75, 3.05) is 19.5 Å². The molecular formula is C19H15Cl2NO4. The number of hydrogen-bond acceptors (Lipinski definition) is 4. The van der Waals surface area contributed by atoms with Gasteiger partial charge in [-0.3, -0.25) is 4.79 Å². The molecule has 1 amide bonds. The molecule has 0 aliphatic heterocycles. The summed E-state index contributed by atoms with van der Waals surface area (Å²) in [6, 6.07) is 13.4. The number of nitrogens with one attached hydrogen (secondary N) is 1. The van der Waals surface area contributed by atoms with Gasteiger partial charge in [0.2, 0.25) is 0 Å². The Kier molecular flexibility index (Phi) is 5.40. The number of carbonyl (C=O) groups is 1. The van der Waals surface area contributed by atoms with Crippen LogP contribution in [0, 0.1) is 0 Å². The van der Waals surface area contributed by atoms with Crippen LogP contribution < -0.4 is 14.8 Å². The standard InChI is InChI=1S/C19H15Cl2NO4/c1-24-12-4-6-17(25-2)15(10-12)22-19(23)18-8-7-16(26-18)13-9-11(20)3-5-14(13)21/h3-10H,1-2H3,(H,22,23). The molecule has 0 radical (unpaired) electrons. The molecule has 0 aliphatic carbocycles. The van der Waals surface area contributed by atoms with Crippen molar-refractivity contribution in [2.45, 2.75) is 0 Å². The molecule has 1 aromatic heterocycles. The summed E-state index contributed by atoms with van der Waals surface area (Å²) < 4.78 is 16.1. The van der Waals surface area contributed by atoms with Crippen molar-refractivity contribution in [1.82, 2.24) is 0 Å². The number of anilines is 1. The predicted octanol–water partition coefficient (Wildman–Crippen LogP) is 5.52. The van der Waals surface area contributed by atoms with Gasteiger partial charge in [0.05, 0.1) is 24.9 Å². The van der Waals surface area contributed by atoms with E-state index in [1.54, 1.807) is 55.6 Å². The molecule has 0 atom stereocenters. The van der Waals surface area contributed by atoms with Crippen LogP contribution in [0.15, 0.2) is 52.9 Å². The summed E-state index contributed by atoms with van der Waals surface area (Å²) in [5, 5.41) is 3.74. The van der Waals surface area contributed by atoms with Crippen molar-refractivity contribution in [3.8, 4) is 22.8 Å². The zero-order chi connectivity index (χ0) is 18.7. The Balaban J connectivity index is 1.86. The summed E-state index contributed by atoms with van der Waals surface area (Å²) in [7, 11) is 3.06. The number of benzene rings is 2. The Morgan fingerprint density at radius 2 is 1.81 bits per heavy atom. The highest BCUT2D eigenvalue weighted by Gasteiger charge is 2.16. The molecule has 5 nitrogen and oxygen atoms in total. The van der Waals surface area contributed by atoms with E-state index in [0.717, 1.165) is 0 Å². The Hall–Kier alpha value is -2.63. The summed E-state index contributed by atoms with van der Waals surface area (Å²) in [5.74, 6) is 1.23. The molecule has 3 aromatic rings. The van der Waals surface area contributed by atoms with Gasteiger partial charge in [0.1, 0.15) is 17.3 Å². The second-order valence-electron chi connectivity index (χ2n) is 5.31. The van der Waals surface area contributed by atoms with Crippen LogP contribution in [-0.2, 0) is 0 Å². The predicted molar refractivity (Wildman–Crippen MR) is 102 cm³/mol. The lowest BCUT2D eigenvalue weighted by atomic mass is 10.2. The zero-order valence-electron chi connectivity index (χ0n) is 14.0. The van der Waals surface area contributed by atoms with E-state index in [2.05, 4.69) is 5.32 Å². The lowest BCUT2D eigenvalue weighted by molar-refractivity contribution is 0.0997. The first-order valence-electron chi connectivity index (χ1n) is 7.60. The van der Waals surface area contributed by atoms with Crippen LogP contribution in [0.3, 0.4) is 0 Å². The normalized spacial score (nSPS) is 10.5. The molecular weight excluding hydrogens is 377 g/mol. The van der Waals surface area contributed by atoms with E-state index in [0.29, 0.717) is 38.6 Å². The average Bonchev–Trinajstić information content (AvgIpc) is 3.13. The largest absolute Gasteiger partial charge is 0.497 e. The Morgan fingerprint density at radius 3 is 2.54 bits per heavy atom. The van der Waals surface area contributed by atoms with E-state index in [1.165, 1.54) is 7.11 Å². The van der Waals surface area contributed by atoms with Gasteiger partial charge in [0.15, 0.2) is 5.76 Å². The number of halogens is 2. The third-order valence-electron chi connectivity index (χ3n) is 3.68. The van der Waals surface area contributed by atoms with Gasteiger partial charge in [-0.05, 0) is 42.5 Å². The van der Waals surface area contributed by atoms with Crippen molar-refractivity contribution in [3.05, 3.63) is 64.3 Å². The quantitative estimate of drug-likeness (QED) is 0.621. The monoisotopic (exact) mass is 391 g/mol. The molecule has 0 bridgehead atoms. The molecule has 0 fully saturated rings. The van der Waals surface area contributed by atoms with Gasteiger partial charge in [-0.15, -0.1) is 0 Å². The van der Waals surface area contributed by atoms with Crippen LogP contribution in [0.4, 0.5) is 5.69 Å². The van der Waals surface area contributed by atoms with E-state index in [-0.39, 0.29) is 5.76 Å². The maximum atomic E-state index is 12.5. The number of furan rings is 1. The Bertz CT molecular complexity index is 952. The zero-order valence-corrected chi connectivity index (χ0v) is 15.5. The molecule has 3 rings (SSSR count). The minimum atomic E-state index is -0.430. The molecule has 0 spiro atoms. The van der Waals surface area contributed by atoms with Crippen molar-refractivity contribution >= 4 is 34.8 Å². The number of carbonyl (C=O) groups excluding carboxylic acids is 1. The first-order chi connectivity index (χ1) is 12.5. The van der Waals surface area contributed by atoms with Gasteiger partial charge in [0.25, 0.3) is 5.91 Å². The number of rotatable bonds is 5. The maximum Gasteiger partial charge on any atom is 0.291 e. The molecule has 2 aromatic carbocycles. The average molecular weight is 392 g/mol. The molecule has 26 heavy (non-hydrogen) atoms. The highest BCUT2D eigenvalue weighted by Crippen LogP contribution is 2.33. The van der Waals surface area contributed by atoms with E-state index >= 15 is 0 Å². The van der Waals surface area contributed by atoms with Gasteiger partial charge in [0, 0.05) is 16.7 Å². The SMILES string of the molecule is COc1ccc(OC)c(NC(=O)c2ccc(-c3cc(Cl)ccc3Cl)o2)c1. The highest BCUT2D eigenvalue weighted by atomic mass is 35.5. The number of methoxy groups -OCH3 is 2. The van der Waals surface area contributed by atoms with Gasteiger partial charge in [-0.2, -0.15) is 0 Å². The first-order valence-corrected chi connectivity index (χ1v) is 8.36. The molecule has 7 heteroatoms. The smallest absolute Gasteiger partial charge is 0.291 e. The van der Waals surface area contributed by atoms with Crippen LogP contribution >= 0.6 is 23.2 Å². The third kappa shape index (κ3) is 3.79. The highest BCUT2D eigenvalue weighted by molar-refractivity contribution is 6.35. The second-order valence-corrected chi connectivity index (χ2v) is 6.15. The molecule has 0 unspecified atom stereocenters. The summed E-state index contributed by atoms with van der Waals surface area (Å²) in [6.45, 7) is 0. The summed E-state index contributed by atoms with van der Waals surface area (Å²) in [6.07, 6.45) is 0. The van der Waals surface area contributed by atoms with Crippen molar-refractivity contribution in [2.24, 2.45) is 0 Å². The molecule has 1 N–H and O–H groups in total. The summed E-state index contributed by atoms with van der Waals surface area (Å²) in [4.78, 5) is 12.5. The van der Waals surface area contributed by atoms with E-state index in [1.807, 2.05) is 0 Å². The first kappa shape index (κ1) is 18.2. The summed E-state index contributed by atoms with van der Waals surface area (Å²) in [5.41, 5.74) is 1.08. The van der Waals surface area contributed by atoms with Crippen molar-refractivity contribution in [3.63, 3.8) is 0 Å². The van der Waals surface area contributed by atoms with Crippen molar-refractivity contribution in [1.29, 1.82) is 0 Å². The lowest BCUT2D eigenvalue weighted by Crippen LogP contribution is -2.11. The van der Waals surface area contributed by atoms with Crippen molar-refractivity contribution < 1.29 is 18.7 Å². The van der Waals surface area contributed by atoms with Crippen LogP contribution in [0.25, 0.3) is 11.3 Å². The van der Waals surface area contributed by atoms with E-state index < -0.39 is 5.91 Å². The van der Waals surface area contributed by atoms with E-state index in [4.69, 9.17) is 37.1 Å². The van der Waals surface area contributed by atoms with E-state index in [9.17, 15) is 4.79 Å². The van der Waals surface area contributed by atoms with Gasteiger partial charge >= 0.3 is 0 Å². The van der Waals surface area contributed by atoms with Gasteiger partial charge < -0.3 is 19.2 Å². The molecule has 0 saturated heterocycles. The fourth-order valence-electron chi connectivity index (χ4n) is 2.39. The number of ether oxygens (including phenoxy) is 2. The second kappa shape index (κ2) is 7.72. The molecule has 0 saturated carbocycles. The Morgan fingerprint density at radius 1 is 1.00 bits per heavy atom. The lowest BCUT2D eigenvalue weighted by Gasteiger charge is -2.11. The molecule has 134 valence electrons. The molecule has 1 heterocycles. The minimum absolute atomic E-state index is 0.126. The number of amides is 1. The number of hydrogen-bond donors (Lipinski definition) is 1. The van der Waals surface area contributed by atoms with Crippen LogP contribution in [0.5, 0.6) is 11.5 Å². The molecule has 0 aliphatic rings. The van der Waals surface area contributed by atoms with Crippen LogP contribution in [-0.4, -0.2) is 20.1 Å². The third-order valence-corrected chi connectivity index (χ3v) is 4.24. The van der Waals surface area contributed by atoms with Gasteiger partial charge in [-0.1, -0.05) is 23.2 Å². The fraction of sp³-hybridized carbons (Fsp3) is 0.105. The maximum absolute atomic E-state index is 12.5. The summed E-state index contributed by atoms with van der Waals surface area (Å²) >= 11 is 12.2. The van der Waals surface area contributed by atoms with Gasteiger partial charge in [-0.25, -0.2) is 0 Å². The van der Waals surface area contributed by atoms with Crippen LogP contribution in [0.1, 0.15) is 10.6 Å². The topological polar surface area (TPSA) is 60.7 Å².